The fourth-order valence-electron chi connectivity index (χ4n) is 3.36. The molecule has 2 heterocycles. The topological polar surface area (TPSA) is 99.5 Å². The molecule has 1 aromatic heterocycles. The minimum Gasteiger partial charge on any atom is -0.494 e. The molecule has 0 spiro atoms. The van der Waals surface area contributed by atoms with Crippen LogP contribution < -0.4 is 9.46 Å². The van der Waals surface area contributed by atoms with Crippen molar-refractivity contribution in [1.82, 2.24) is 9.78 Å². The van der Waals surface area contributed by atoms with Gasteiger partial charge in [0.25, 0.3) is 16.4 Å². The Balaban J connectivity index is 1.97. The highest BCUT2D eigenvalue weighted by molar-refractivity contribution is 9.10. The van der Waals surface area contributed by atoms with Crippen LogP contribution in [0.25, 0.3) is 11.1 Å². The van der Waals surface area contributed by atoms with Crippen molar-refractivity contribution in [2.24, 2.45) is 0 Å². The maximum atomic E-state index is 14.7. The first-order valence-corrected chi connectivity index (χ1v) is 11.7. The van der Waals surface area contributed by atoms with Crippen molar-refractivity contribution in [2.75, 3.05) is 11.8 Å². The summed E-state index contributed by atoms with van der Waals surface area (Å²) in [6.45, 7) is -1.40. The van der Waals surface area contributed by atoms with E-state index in [0.717, 1.165) is 23.0 Å². The Kier molecular flexibility index (Phi) is 6.29. The molecule has 14 heteroatoms. The van der Waals surface area contributed by atoms with Crippen molar-refractivity contribution in [2.45, 2.75) is 24.5 Å². The number of carbonyl (C=O) groups excluding carboxylic acids is 1. The smallest absolute Gasteiger partial charge is 0.338 e. The number of benzene rings is 2. The SMILES string of the molecule is COc1c(Br)cc2cc1S(=O)(=O)Nc1cc(c(F)cc1F)-c1cn(CC(F)F)nc1COC2=O. The van der Waals surface area contributed by atoms with Crippen LogP contribution in [0.2, 0.25) is 0 Å². The van der Waals surface area contributed by atoms with Crippen molar-refractivity contribution < 1.29 is 40.2 Å². The second kappa shape index (κ2) is 8.91. The van der Waals surface area contributed by atoms with E-state index < -0.39 is 57.8 Å². The normalized spacial score (nSPS) is 14.9. The van der Waals surface area contributed by atoms with Crippen LogP contribution in [-0.2, 0) is 27.9 Å². The maximum absolute atomic E-state index is 14.7. The lowest BCUT2D eigenvalue weighted by molar-refractivity contribution is 0.0465. The number of alkyl halides is 2. The van der Waals surface area contributed by atoms with E-state index in [0.29, 0.717) is 6.07 Å². The number of halogens is 5. The van der Waals surface area contributed by atoms with Crippen LogP contribution in [0.15, 0.2) is 39.8 Å². The van der Waals surface area contributed by atoms with E-state index in [1.165, 1.54) is 13.2 Å². The van der Waals surface area contributed by atoms with Crippen molar-refractivity contribution in [3.63, 3.8) is 0 Å². The minimum atomic E-state index is -4.57. The third-order valence-electron chi connectivity index (χ3n) is 4.83. The number of nitrogens with zero attached hydrogens (tertiary/aromatic N) is 2. The summed E-state index contributed by atoms with van der Waals surface area (Å²) in [6.07, 6.45) is -1.72. The second-order valence-electron chi connectivity index (χ2n) is 7.09. The lowest BCUT2D eigenvalue weighted by Gasteiger charge is -2.15. The van der Waals surface area contributed by atoms with E-state index in [2.05, 4.69) is 21.0 Å². The van der Waals surface area contributed by atoms with Crippen molar-refractivity contribution in [1.29, 1.82) is 0 Å². The number of methoxy groups -OCH3 is 1. The van der Waals surface area contributed by atoms with E-state index in [1.807, 2.05) is 4.72 Å². The molecule has 8 nitrogen and oxygen atoms in total. The molecule has 1 aliphatic rings. The number of fused-ring (bicyclic) bond motifs is 6. The number of sulfonamides is 1. The van der Waals surface area contributed by atoms with Gasteiger partial charge in [-0.2, -0.15) is 5.10 Å². The van der Waals surface area contributed by atoms with E-state index in [9.17, 15) is 30.8 Å². The highest BCUT2D eigenvalue weighted by atomic mass is 79.9. The maximum Gasteiger partial charge on any atom is 0.338 e. The summed E-state index contributed by atoms with van der Waals surface area (Å²) in [4.78, 5) is 12.1. The molecule has 0 unspecified atom stereocenters. The number of esters is 1. The van der Waals surface area contributed by atoms with Crippen molar-refractivity contribution in [3.05, 3.63) is 57.8 Å². The molecule has 4 rings (SSSR count). The first kappa shape index (κ1) is 24.0. The van der Waals surface area contributed by atoms with Gasteiger partial charge in [-0.1, -0.05) is 0 Å². The molecule has 1 aliphatic heterocycles. The van der Waals surface area contributed by atoms with Crippen LogP contribution in [0.3, 0.4) is 0 Å². The summed E-state index contributed by atoms with van der Waals surface area (Å²) in [5, 5.41) is 3.93. The van der Waals surface area contributed by atoms with Gasteiger partial charge in [-0.25, -0.2) is 30.8 Å². The number of ether oxygens (including phenoxy) is 2. The lowest BCUT2D eigenvalue weighted by atomic mass is 10.0. The van der Waals surface area contributed by atoms with Crippen LogP contribution in [0.5, 0.6) is 5.75 Å². The highest BCUT2D eigenvalue weighted by Gasteiger charge is 2.28. The molecular weight excluding hydrogens is 550 g/mol. The van der Waals surface area contributed by atoms with Gasteiger partial charge in [0.15, 0.2) is 5.75 Å². The number of carbonyl (C=O) groups is 1. The molecule has 34 heavy (non-hydrogen) atoms. The lowest BCUT2D eigenvalue weighted by Crippen LogP contribution is -2.17. The van der Waals surface area contributed by atoms with Crippen LogP contribution in [0.1, 0.15) is 16.1 Å². The second-order valence-corrected chi connectivity index (χ2v) is 9.59. The van der Waals surface area contributed by atoms with Gasteiger partial charge in [0.05, 0.1) is 22.8 Å². The number of anilines is 1. The molecular formula is C20H14BrF4N3O5S. The van der Waals surface area contributed by atoms with Crippen LogP contribution in [-0.4, -0.2) is 37.7 Å². The molecule has 0 saturated carbocycles. The Morgan fingerprint density at radius 3 is 2.62 bits per heavy atom. The monoisotopic (exact) mass is 563 g/mol. The third-order valence-corrected chi connectivity index (χ3v) is 6.79. The Morgan fingerprint density at radius 1 is 1.21 bits per heavy atom. The van der Waals surface area contributed by atoms with Gasteiger partial charge in [0.1, 0.15) is 35.4 Å². The standard InChI is InChI=1S/C20H14BrF4N3O5S/c1-32-19-12(21)2-9-3-17(19)34(30,31)27-15-4-10(13(22)5-14(15)23)11-6-28(7-18(24)25)26-16(11)8-33-20(9)29/h2-6,18,27H,7-8H2,1H3. The Hall–Kier alpha value is -3.13. The molecule has 4 bridgehead atoms. The summed E-state index contributed by atoms with van der Waals surface area (Å²) >= 11 is 3.12. The predicted molar refractivity (Wildman–Crippen MR) is 114 cm³/mol. The average Bonchev–Trinajstić information content (AvgIpc) is 3.14. The quantitative estimate of drug-likeness (QED) is 0.376. The van der Waals surface area contributed by atoms with E-state index in [-0.39, 0.29) is 32.6 Å². The largest absolute Gasteiger partial charge is 0.494 e. The van der Waals surface area contributed by atoms with E-state index >= 15 is 0 Å². The molecule has 180 valence electrons. The van der Waals surface area contributed by atoms with E-state index in [1.54, 1.807) is 0 Å². The number of cyclic esters (lactones) is 1. The molecule has 0 atom stereocenters. The Morgan fingerprint density at radius 2 is 1.94 bits per heavy atom. The third kappa shape index (κ3) is 4.46. The number of aromatic nitrogens is 2. The summed E-state index contributed by atoms with van der Waals surface area (Å²) in [5.74, 6) is -3.50. The number of hydrogen-bond donors (Lipinski definition) is 1. The fraction of sp³-hybridized carbons (Fsp3) is 0.200. The van der Waals surface area contributed by atoms with Gasteiger partial charge in [-0.15, -0.1) is 0 Å². The molecule has 1 N–H and O–H groups in total. The van der Waals surface area contributed by atoms with Gasteiger partial charge < -0.3 is 9.47 Å². The number of hydrogen-bond acceptors (Lipinski definition) is 6. The summed E-state index contributed by atoms with van der Waals surface area (Å²) in [5.41, 5.74) is -1.36. The van der Waals surface area contributed by atoms with Gasteiger partial charge in [0.2, 0.25) is 0 Å². The number of rotatable bonds is 3. The first-order chi connectivity index (χ1) is 16.0. The van der Waals surface area contributed by atoms with Crippen molar-refractivity contribution in [3.8, 4) is 16.9 Å². The van der Waals surface area contributed by atoms with Gasteiger partial charge >= 0.3 is 5.97 Å². The zero-order chi connectivity index (χ0) is 24.8. The average molecular weight is 564 g/mol. The zero-order valence-electron chi connectivity index (χ0n) is 17.1. The summed E-state index contributed by atoms with van der Waals surface area (Å²) in [6, 6.07) is 3.51. The molecule has 0 aliphatic carbocycles. The fourth-order valence-corrected chi connectivity index (χ4v) is 5.39. The predicted octanol–water partition coefficient (Wildman–Crippen LogP) is 4.34. The summed E-state index contributed by atoms with van der Waals surface area (Å²) in [7, 11) is -3.37. The van der Waals surface area contributed by atoms with Gasteiger partial charge in [-0.3, -0.25) is 9.40 Å². The molecule has 2 aromatic carbocycles. The number of nitrogens with one attached hydrogen (secondary N) is 1. The molecule has 0 amide bonds. The Bertz CT molecular complexity index is 1410. The van der Waals surface area contributed by atoms with Gasteiger partial charge in [-0.05, 0) is 34.1 Å². The van der Waals surface area contributed by atoms with Crippen LogP contribution in [0, 0.1) is 11.6 Å². The van der Waals surface area contributed by atoms with Gasteiger partial charge in [0, 0.05) is 23.4 Å². The minimum absolute atomic E-state index is 0.0851. The highest BCUT2D eigenvalue weighted by Crippen LogP contribution is 2.37. The van der Waals surface area contributed by atoms with E-state index in [4.69, 9.17) is 9.47 Å². The molecule has 3 aromatic rings. The molecule has 0 fully saturated rings. The summed E-state index contributed by atoms with van der Waals surface area (Å²) < 4.78 is 94.5. The molecule has 0 saturated heterocycles. The first-order valence-electron chi connectivity index (χ1n) is 9.41. The van der Waals surface area contributed by atoms with Crippen LogP contribution >= 0.6 is 15.9 Å². The van der Waals surface area contributed by atoms with Crippen LogP contribution in [0.4, 0.5) is 23.2 Å². The zero-order valence-corrected chi connectivity index (χ0v) is 19.5. The van der Waals surface area contributed by atoms with Crippen molar-refractivity contribution >= 4 is 37.6 Å². The Labute approximate surface area is 198 Å². The molecule has 0 radical (unpaired) electrons.